The summed E-state index contributed by atoms with van der Waals surface area (Å²) < 4.78 is 5.23. The molecule has 0 unspecified atom stereocenters. The molecule has 0 N–H and O–H groups in total. The van der Waals surface area contributed by atoms with Crippen LogP contribution in [0, 0.1) is 5.92 Å². The van der Waals surface area contributed by atoms with E-state index >= 15 is 0 Å². The average molecular weight is 295 g/mol. The molecular weight excluding hydrogens is 278 g/mol. The Morgan fingerprint density at radius 1 is 1.09 bits per heavy atom. The van der Waals surface area contributed by atoms with Gasteiger partial charge in [-0.15, -0.1) is 0 Å². The van der Waals surface area contributed by atoms with Gasteiger partial charge in [0.05, 0.1) is 6.61 Å². The number of hydrogen-bond acceptors (Lipinski definition) is 4. The number of rotatable bonds is 4. The van der Waals surface area contributed by atoms with E-state index in [0.717, 1.165) is 11.1 Å². The molecule has 2 aromatic rings. The molecule has 1 aliphatic heterocycles. The molecule has 0 saturated heterocycles. The van der Waals surface area contributed by atoms with Crippen LogP contribution in [0.5, 0.6) is 0 Å². The van der Waals surface area contributed by atoms with Gasteiger partial charge in [-0.1, -0.05) is 65.8 Å². The standard InChI is InChI=1S/C18H17NO3/c1-2-21-18(20)15-16(13-9-5-3-6-10-13)19-22-17(15)14-11-7-4-8-12-14/h3-12,15,17H,2H2,1H3/t15-,17-/m1/s1. The number of carbonyl (C=O) groups excluding carboxylic acids is 1. The van der Waals surface area contributed by atoms with Crippen LogP contribution < -0.4 is 0 Å². The van der Waals surface area contributed by atoms with E-state index in [0.29, 0.717) is 12.3 Å². The highest BCUT2D eigenvalue weighted by molar-refractivity contribution is 6.12. The van der Waals surface area contributed by atoms with Gasteiger partial charge in [0.25, 0.3) is 0 Å². The molecule has 4 nitrogen and oxygen atoms in total. The van der Waals surface area contributed by atoms with Gasteiger partial charge in [-0.2, -0.15) is 0 Å². The van der Waals surface area contributed by atoms with Gasteiger partial charge in [-0.05, 0) is 12.5 Å². The van der Waals surface area contributed by atoms with Crippen molar-refractivity contribution in [2.45, 2.75) is 13.0 Å². The van der Waals surface area contributed by atoms with Gasteiger partial charge in [-0.25, -0.2) is 0 Å². The van der Waals surface area contributed by atoms with Crippen LogP contribution in [0.2, 0.25) is 0 Å². The van der Waals surface area contributed by atoms with Crippen LogP contribution in [0.3, 0.4) is 0 Å². The van der Waals surface area contributed by atoms with Crippen LogP contribution in [0.4, 0.5) is 0 Å². The van der Waals surface area contributed by atoms with Gasteiger partial charge in [0.15, 0.2) is 6.10 Å². The third-order valence-corrected chi connectivity index (χ3v) is 3.60. The van der Waals surface area contributed by atoms with E-state index in [1.807, 2.05) is 60.7 Å². The van der Waals surface area contributed by atoms with Gasteiger partial charge < -0.3 is 9.57 Å². The molecule has 3 rings (SSSR count). The molecule has 4 heteroatoms. The van der Waals surface area contributed by atoms with Crippen LogP contribution in [0.1, 0.15) is 24.2 Å². The first kappa shape index (κ1) is 14.3. The van der Waals surface area contributed by atoms with Crippen molar-refractivity contribution in [2.24, 2.45) is 11.1 Å². The molecule has 0 bridgehead atoms. The number of oxime groups is 1. The molecule has 0 saturated carbocycles. The third kappa shape index (κ3) is 2.72. The normalized spacial score (nSPS) is 20.1. The lowest BCUT2D eigenvalue weighted by atomic mass is 9.89. The zero-order valence-electron chi connectivity index (χ0n) is 12.3. The summed E-state index contributed by atoms with van der Waals surface area (Å²) in [7, 11) is 0. The van der Waals surface area contributed by atoms with Crippen LogP contribution in [0.25, 0.3) is 0 Å². The molecule has 1 aliphatic rings. The van der Waals surface area contributed by atoms with Gasteiger partial charge >= 0.3 is 5.97 Å². The Kier molecular flexibility index (Phi) is 4.19. The Morgan fingerprint density at radius 2 is 1.73 bits per heavy atom. The van der Waals surface area contributed by atoms with Crippen molar-refractivity contribution >= 4 is 11.7 Å². The zero-order chi connectivity index (χ0) is 15.4. The van der Waals surface area contributed by atoms with E-state index in [9.17, 15) is 4.79 Å². The summed E-state index contributed by atoms with van der Waals surface area (Å²) in [6.45, 7) is 2.13. The predicted octanol–water partition coefficient (Wildman–Crippen LogP) is 3.34. The minimum Gasteiger partial charge on any atom is -0.465 e. The van der Waals surface area contributed by atoms with Crippen LogP contribution in [-0.2, 0) is 14.4 Å². The van der Waals surface area contributed by atoms with E-state index in [4.69, 9.17) is 9.57 Å². The second-order valence-corrected chi connectivity index (χ2v) is 5.01. The summed E-state index contributed by atoms with van der Waals surface area (Å²) in [6.07, 6.45) is -0.449. The lowest BCUT2D eigenvalue weighted by molar-refractivity contribution is -0.148. The van der Waals surface area contributed by atoms with Crippen molar-refractivity contribution in [3.05, 3.63) is 71.8 Å². The van der Waals surface area contributed by atoms with Gasteiger partial charge in [0.2, 0.25) is 0 Å². The molecule has 112 valence electrons. The van der Waals surface area contributed by atoms with E-state index in [2.05, 4.69) is 5.16 Å². The van der Waals surface area contributed by atoms with Crippen LogP contribution in [0.15, 0.2) is 65.8 Å². The fourth-order valence-corrected chi connectivity index (χ4v) is 2.58. The molecule has 0 aromatic heterocycles. The number of nitrogens with zero attached hydrogens (tertiary/aromatic N) is 1. The quantitative estimate of drug-likeness (QED) is 0.813. The number of benzene rings is 2. The number of carbonyl (C=O) groups is 1. The molecule has 0 fully saturated rings. The van der Waals surface area contributed by atoms with E-state index in [-0.39, 0.29) is 5.97 Å². The molecule has 1 heterocycles. The van der Waals surface area contributed by atoms with Crippen LogP contribution >= 0.6 is 0 Å². The highest BCUT2D eigenvalue weighted by Gasteiger charge is 2.42. The fraction of sp³-hybridized carbons (Fsp3) is 0.222. The maximum Gasteiger partial charge on any atom is 0.319 e. The van der Waals surface area contributed by atoms with Gasteiger partial charge in [-0.3, -0.25) is 4.79 Å². The second-order valence-electron chi connectivity index (χ2n) is 5.01. The average Bonchev–Trinajstić information content (AvgIpc) is 3.02. The van der Waals surface area contributed by atoms with Gasteiger partial charge in [0, 0.05) is 5.56 Å². The van der Waals surface area contributed by atoms with Gasteiger partial charge in [0.1, 0.15) is 11.6 Å². The molecular formula is C18H17NO3. The van der Waals surface area contributed by atoms with Crippen molar-refractivity contribution in [3.8, 4) is 0 Å². The summed E-state index contributed by atoms with van der Waals surface area (Å²) in [5, 5.41) is 4.16. The number of ether oxygens (including phenoxy) is 1. The molecule has 2 atom stereocenters. The van der Waals surface area contributed by atoms with Crippen molar-refractivity contribution in [1.82, 2.24) is 0 Å². The summed E-state index contributed by atoms with van der Waals surface area (Å²) in [5.41, 5.74) is 2.40. The zero-order valence-corrected chi connectivity index (χ0v) is 12.3. The maximum atomic E-state index is 12.4. The minimum atomic E-state index is -0.551. The third-order valence-electron chi connectivity index (χ3n) is 3.60. The lowest BCUT2D eigenvalue weighted by Gasteiger charge is -2.17. The summed E-state index contributed by atoms with van der Waals surface area (Å²) in [4.78, 5) is 18.0. The summed E-state index contributed by atoms with van der Waals surface area (Å²) >= 11 is 0. The Hall–Kier alpha value is -2.62. The van der Waals surface area contributed by atoms with Crippen LogP contribution in [-0.4, -0.2) is 18.3 Å². The topological polar surface area (TPSA) is 47.9 Å². The smallest absolute Gasteiger partial charge is 0.319 e. The Labute approximate surface area is 129 Å². The first-order chi connectivity index (χ1) is 10.8. The van der Waals surface area contributed by atoms with Crippen molar-refractivity contribution in [2.75, 3.05) is 6.61 Å². The molecule has 22 heavy (non-hydrogen) atoms. The monoisotopic (exact) mass is 295 g/mol. The summed E-state index contributed by atoms with van der Waals surface area (Å²) in [5.74, 6) is -0.860. The first-order valence-electron chi connectivity index (χ1n) is 7.32. The number of hydrogen-bond donors (Lipinski definition) is 0. The predicted molar refractivity (Wildman–Crippen MR) is 83.4 cm³/mol. The Morgan fingerprint density at radius 3 is 2.36 bits per heavy atom. The summed E-state index contributed by atoms with van der Waals surface area (Å²) in [6, 6.07) is 19.2. The lowest BCUT2D eigenvalue weighted by Crippen LogP contribution is -2.29. The highest BCUT2D eigenvalue weighted by Crippen LogP contribution is 2.35. The molecule has 0 amide bonds. The molecule has 0 spiro atoms. The van der Waals surface area contributed by atoms with E-state index < -0.39 is 12.0 Å². The van der Waals surface area contributed by atoms with Crippen molar-refractivity contribution in [3.63, 3.8) is 0 Å². The Balaban J connectivity index is 1.96. The largest absolute Gasteiger partial charge is 0.465 e. The van der Waals surface area contributed by atoms with E-state index in [1.54, 1.807) is 6.92 Å². The highest BCUT2D eigenvalue weighted by atomic mass is 16.6. The maximum absolute atomic E-state index is 12.4. The minimum absolute atomic E-state index is 0.309. The molecule has 0 aliphatic carbocycles. The molecule has 2 aromatic carbocycles. The van der Waals surface area contributed by atoms with Crippen molar-refractivity contribution in [1.29, 1.82) is 0 Å². The second kappa shape index (κ2) is 6.43. The Bertz CT molecular complexity index is 667. The van der Waals surface area contributed by atoms with E-state index in [1.165, 1.54) is 0 Å². The molecule has 0 radical (unpaired) electrons. The fourth-order valence-electron chi connectivity index (χ4n) is 2.58. The number of esters is 1. The van der Waals surface area contributed by atoms with Crippen molar-refractivity contribution < 1.29 is 14.4 Å². The first-order valence-corrected chi connectivity index (χ1v) is 7.32. The SMILES string of the molecule is CCOC(=O)[C@@H]1C(c2ccccc2)=NO[C@@H]1c1ccccc1.